The zero-order valence-corrected chi connectivity index (χ0v) is 16.8. The molecule has 1 aliphatic rings. The lowest BCUT2D eigenvalue weighted by molar-refractivity contribution is -0.121. The van der Waals surface area contributed by atoms with Gasteiger partial charge in [-0.2, -0.15) is 0 Å². The van der Waals surface area contributed by atoms with E-state index < -0.39 is 0 Å². The van der Waals surface area contributed by atoms with Gasteiger partial charge in [-0.25, -0.2) is 0 Å². The number of ether oxygens (including phenoxy) is 1. The fourth-order valence-electron chi connectivity index (χ4n) is 2.73. The number of carbonyl (C=O) groups is 1. The van der Waals surface area contributed by atoms with Crippen molar-refractivity contribution in [2.75, 3.05) is 32.8 Å². The van der Waals surface area contributed by atoms with E-state index in [9.17, 15) is 4.79 Å². The summed E-state index contributed by atoms with van der Waals surface area (Å²) >= 11 is 6.37. The molecule has 8 heteroatoms. The molecule has 0 saturated carbocycles. The summed E-state index contributed by atoms with van der Waals surface area (Å²) in [4.78, 5) is 14.3. The number of rotatable bonds is 7. The van der Waals surface area contributed by atoms with Crippen LogP contribution in [0, 0.1) is 0 Å². The smallest absolute Gasteiger partial charge is 0.220 e. The zero-order valence-electron chi connectivity index (χ0n) is 14.4. The molecule has 1 aromatic rings. The van der Waals surface area contributed by atoms with Gasteiger partial charge in [-0.15, -0.1) is 24.8 Å². The van der Waals surface area contributed by atoms with Crippen molar-refractivity contribution in [2.45, 2.75) is 31.8 Å². The van der Waals surface area contributed by atoms with Gasteiger partial charge in [0.1, 0.15) is 0 Å². The number of halogens is 3. The SMILES string of the molecule is CC(N)CCC(=O)NCC(c1ccccc1Cl)N1CCOCC1.Cl.Cl. The van der Waals surface area contributed by atoms with E-state index in [-0.39, 0.29) is 42.8 Å². The molecule has 1 saturated heterocycles. The summed E-state index contributed by atoms with van der Waals surface area (Å²) in [6.07, 6.45) is 1.15. The van der Waals surface area contributed by atoms with Crippen molar-refractivity contribution in [3.8, 4) is 0 Å². The van der Waals surface area contributed by atoms with Gasteiger partial charge in [0.25, 0.3) is 0 Å². The van der Waals surface area contributed by atoms with Crippen molar-refractivity contribution in [1.82, 2.24) is 10.2 Å². The Hall–Kier alpha value is -0.560. The number of amides is 1. The molecule has 0 spiro atoms. The van der Waals surface area contributed by atoms with Gasteiger partial charge in [0.2, 0.25) is 5.91 Å². The molecule has 2 unspecified atom stereocenters. The van der Waals surface area contributed by atoms with Crippen LogP contribution in [0.3, 0.4) is 0 Å². The number of carbonyl (C=O) groups excluding carboxylic acids is 1. The molecule has 1 aliphatic heterocycles. The number of benzene rings is 1. The third-order valence-electron chi connectivity index (χ3n) is 4.07. The monoisotopic (exact) mass is 411 g/mol. The first kappa shape index (κ1) is 24.4. The van der Waals surface area contributed by atoms with Crippen LogP contribution in [-0.4, -0.2) is 49.7 Å². The molecule has 25 heavy (non-hydrogen) atoms. The fraction of sp³-hybridized carbons (Fsp3) is 0.588. The van der Waals surface area contributed by atoms with Crippen molar-refractivity contribution in [2.24, 2.45) is 5.73 Å². The van der Waals surface area contributed by atoms with Crippen LogP contribution in [-0.2, 0) is 9.53 Å². The minimum Gasteiger partial charge on any atom is -0.379 e. The summed E-state index contributed by atoms with van der Waals surface area (Å²) in [6.45, 7) is 5.55. The van der Waals surface area contributed by atoms with Crippen molar-refractivity contribution >= 4 is 42.3 Å². The largest absolute Gasteiger partial charge is 0.379 e. The highest BCUT2D eigenvalue weighted by molar-refractivity contribution is 6.31. The van der Waals surface area contributed by atoms with Crippen LogP contribution in [0.1, 0.15) is 31.4 Å². The Morgan fingerprint density at radius 1 is 1.32 bits per heavy atom. The summed E-state index contributed by atoms with van der Waals surface area (Å²) in [5, 5.41) is 3.76. The molecule has 2 rings (SSSR count). The zero-order chi connectivity index (χ0) is 16.7. The van der Waals surface area contributed by atoms with Crippen LogP contribution in [0.2, 0.25) is 5.02 Å². The molecule has 3 N–H and O–H groups in total. The average Bonchev–Trinajstić information content (AvgIpc) is 2.55. The second-order valence-electron chi connectivity index (χ2n) is 6.01. The molecular formula is C17H28Cl3N3O2. The summed E-state index contributed by atoms with van der Waals surface area (Å²) in [5.74, 6) is 0.0348. The number of hydrogen-bond donors (Lipinski definition) is 2. The number of nitrogens with one attached hydrogen (secondary N) is 1. The van der Waals surface area contributed by atoms with E-state index in [1.165, 1.54) is 0 Å². The highest BCUT2D eigenvalue weighted by Crippen LogP contribution is 2.27. The van der Waals surface area contributed by atoms with Gasteiger partial charge in [0.05, 0.1) is 19.3 Å². The number of hydrogen-bond acceptors (Lipinski definition) is 4. The van der Waals surface area contributed by atoms with Crippen molar-refractivity contribution in [1.29, 1.82) is 0 Å². The van der Waals surface area contributed by atoms with E-state index in [0.717, 1.165) is 23.7 Å². The molecule has 1 heterocycles. The third kappa shape index (κ3) is 8.11. The summed E-state index contributed by atoms with van der Waals surface area (Å²) in [7, 11) is 0. The predicted molar refractivity (Wildman–Crippen MR) is 107 cm³/mol. The van der Waals surface area contributed by atoms with Gasteiger partial charge in [0.15, 0.2) is 0 Å². The molecule has 0 bridgehead atoms. The van der Waals surface area contributed by atoms with Gasteiger partial charge in [0, 0.05) is 37.1 Å². The van der Waals surface area contributed by atoms with E-state index >= 15 is 0 Å². The molecule has 0 aliphatic carbocycles. The van der Waals surface area contributed by atoms with E-state index in [4.69, 9.17) is 22.1 Å². The molecule has 0 radical (unpaired) electrons. The average molecular weight is 413 g/mol. The second kappa shape index (κ2) is 12.7. The lowest BCUT2D eigenvalue weighted by Gasteiger charge is -2.35. The van der Waals surface area contributed by atoms with Crippen molar-refractivity contribution in [3.05, 3.63) is 34.9 Å². The molecule has 1 amide bonds. The Morgan fingerprint density at radius 3 is 2.56 bits per heavy atom. The summed E-state index contributed by atoms with van der Waals surface area (Å²) in [5.41, 5.74) is 6.75. The molecule has 1 aromatic carbocycles. The van der Waals surface area contributed by atoms with E-state index in [2.05, 4.69) is 10.2 Å². The number of nitrogens with two attached hydrogens (primary N) is 1. The standard InChI is InChI=1S/C17H26ClN3O2.2ClH/c1-13(19)6-7-17(22)20-12-16(21-8-10-23-11-9-21)14-4-2-3-5-15(14)18;;/h2-5,13,16H,6-12,19H2,1H3,(H,20,22);2*1H. The molecule has 0 aromatic heterocycles. The van der Waals surface area contributed by atoms with Crippen molar-refractivity contribution < 1.29 is 9.53 Å². The van der Waals surface area contributed by atoms with Crippen LogP contribution in [0.25, 0.3) is 0 Å². The summed E-state index contributed by atoms with van der Waals surface area (Å²) < 4.78 is 5.43. The van der Waals surface area contributed by atoms with Gasteiger partial charge in [-0.05, 0) is 25.0 Å². The van der Waals surface area contributed by atoms with E-state index in [1.54, 1.807) is 0 Å². The molecular weight excluding hydrogens is 385 g/mol. The topological polar surface area (TPSA) is 67.6 Å². The lowest BCUT2D eigenvalue weighted by Crippen LogP contribution is -2.44. The summed E-state index contributed by atoms with van der Waals surface area (Å²) in [6, 6.07) is 7.92. The van der Waals surface area contributed by atoms with Gasteiger partial charge in [-0.3, -0.25) is 9.69 Å². The van der Waals surface area contributed by atoms with Crippen LogP contribution in [0.5, 0.6) is 0 Å². The minimum atomic E-state index is 0. The molecule has 2 atom stereocenters. The van der Waals surface area contributed by atoms with Gasteiger partial charge < -0.3 is 15.8 Å². The molecule has 1 fully saturated rings. The number of morpholine rings is 1. The van der Waals surface area contributed by atoms with Crippen LogP contribution in [0.15, 0.2) is 24.3 Å². The maximum atomic E-state index is 12.0. The third-order valence-corrected chi connectivity index (χ3v) is 4.41. The van der Waals surface area contributed by atoms with E-state index in [1.807, 2.05) is 31.2 Å². The molecule has 5 nitrogen and oxygen atoms in total. The Bertz CT molecular complexity index is 512. The maximum Gasteiger partial charge on any atom is 0.220 e. The Labute approximate surface area is 167 Å². The van der Waals surface area contributed by atoms with Gasteiger partial charge >= 0.3 is 0 Å². The second-order valence-corrected chi connectivity index (χ2v) is 6.41. The lowest BCUT2D eigenvalue weighted by atomic mass is 10.0. The van der Waals surface area contributed by atoms with Crippen molar-refractivity contribution in [3.63, 3.8) is 0 Å². The van der Waals surface area contributed by atoms with Crippen LogP contribution >= 0.6 is 36.4 Å². The maximum absolute atomic E-state index is 12.0. The Kier molecular flexibility index (Phi) is 12.5. The molecule has 144 valence electrons. The minimum absolute atomic E-state index is 0. The first-order valence-corrected chi connectivity index (χ1v) is 8.54. The Morgan fingerprint density at radius 2 is 1.96 bits per heavy atom. The predicted octanol–water partition coefficient (Wildman–Crippen LogP) is 2.80. The first-order chi connectivity index (χ1) is 11.1. The normalized spacial score (nSPS) is 16.9. The quantitative estimate of drug-likeness (QED) is 0.722. The van der Waals surface area contributed by atoms with Crippen LogP contribution in [0.4, 0.5) is 0 Å². The first-order valence-electron chi connectivity index (χ1n) is 8.16. The fourth-order valence-corrected chi connectivity index (χ4v) is 2.99. The highest BCUT2D eigenvalue weighted by atomic mass is 35.5. The van der Waals surface area contributed by atoms with Crippen LogP contribution < -0.4 is 11.1 Å². The number of nitrogens with zero attached hydrogens (tertiary/aromatic N) is 1. The van der Waals surface area contributed by atoms with Gasteiger partial charge in [-0.1, -0.05) is 29.8 Å². The Balaban J connectivity index is 0.00000288. The highest BCUT2D eigenvalue weighted by Gasteiger charge is 2.24. The van der Waals surface area contributed by atoms with E-state index in [0.29, 0.717) is 32.6 Å².